The van der Waals surface area contributed by atoms with Crippen LogP contribution >= 0.6 is 0 Å². The lowest BCUT2D eigenvalue weighted by atomic mass is 9.69. The predicted octanol–water partition coefficient (Wildman–Crippen LogP) is 2.58. The standard InChI is InChI=1S/C12H23NO/c1-12(2,3)10-7-5-6-9(8-10)11(14)13-4/h9-10H,5-8H2,1-4H3,(H,13,14)/t9-,10+/m0/s1. The third kappa shape index (κ3) is 2.73. The molecule has 0 spiro atoms. The maximum atomic E-state index is 11.5. The molecule has 1 aliphatic rings. The van der Waals surface area contributed by atoms with Gasteiger partial charge >= 0.3 is 0 Å². The first-order valence-corrected chi connectivity index (χ1v) is 5.66. The van der Waals surface area contributed by atoms with Crippen LogP contribution in [0, 0.1) is 17.3 Å². The highest BCUT2D eigenvalue weighted by atomic mass is 16.1. The van der Waals surface area contributed by atoms with Gasteiger partial charge in [-0.3, -0.25) is 4.79 Å². The van der Waals surface area contributed by atoms with Gasteiger partial charge in [-0.05, 0) is 30.6 Å². The maximum Gasteiger partial charge on any atom is 0.222 e. The van der Waals surface area contributed by atoms with Crippen LogP contribution in [0.2, 0.25) is 0 Å². The molecule has 0 radical (unpaired) electrons. The largest absolute Gasteiger partial charge is 0.359 e. The van der Waals surface area contributed by atoms with Gasteiger partial charge in [-0.2, -0.15) is 0 Å². The highest BCUT2D eigenvalue weighted by molar-refractivity contribution is 5.78. The van der Waals surface area contributed by atoms with Crippen molar-refractivity contribution in [2.45, 2.75) is 46.5 Å². The van der Waals surface area contributed by atoms with Crippen LogP contribution in [0.5, 0.6) is 0 Å². The lowest BCUT2D eigenvalue weighted by Gasteiger charge is -2.37. The minimum Gasteiger partial charge on any atom is -0.359 e. The fourth-order valence-electron chi connectivity index (χ4n) is 2.42. The summed E-state index contributed by atoms with van der Waals surface area (Å²) < 4.78 is 0. The van der Waals surface area contributed by atoms with Crippen LogP contribution in [0.1, 0.15) is 46.5 Å². The van der Waals surface area contributed by atoms with E-state index < -0.39 is 0 Å². The summed E-state index contributed by atoms with van der Waals surface area (Å²) in [5.41, 5.74) is 0.354. The molecule has 14 heavy (non-hydrogen) atoms. The normalized spacial score (nSPS) is 28.6. The quantitative estimate of drug-likeness (QED) is 0.688. The third-order valence-electron chi connectivity index (χ3n) is 3.52. The van der Waals surface area contributed by atoms with Crippen molar-refractivity contribution in [2.75, 3.05) is 7.05 Å². The molecule has 82 valence electrons. The number of hydrogen-bond donors (Lipinski definition) is 1. The molecule has 1 rings (SSSR count). The monoisotopic (exact) mass is 197 g/mol. The van der Waals surface area contributed by atoms with E-state index in [1.54, 1.807) is 7.05 Å². The molecular formula is C12H23NO. The Hall–Kier alpha value is -0.530. The van der Waals surface area contributed by atoms with Crippen molar-refractivity contribution in [3.63, 3.8) is 0 Å². The smallest absolute Gasteiger partial charge is 0.222 e. The summed E-state index contributed by atoms with van der Waals surface area (Å²) in [6, 6.07) is 0. The Labute approximate surface area is 87.5 Å². The van der Waals surface area contributed by atoms with Gasteiger partial charge in [-0.1, -0.05) is 27.2 Å². The van der Waals surface area contributed by atoms with Gasteiger partial charge in [-0.25, -0.2) is 0 Å². The Bertz CT molecular complexity index is 205. The zero-order valence-electron chi connectivity index (χ0n) is 9.89. The predicted molar refractivity (Wildman–Crippen MR) is 59.0 cm³/mol. The molecule has 0 heterocycles. The summed E-state index contributed by atoms with van der Waals surface area (Å²) in [5.74, 6) is 1.20. The summed E-state index contributed by atoms with van der Waals surface area (Å²) in [4.78, 5) is 11.5. The average Bonchev–Trinajstić information content (AvgIpc) is 2.15. The molecule has 0 unspecified atom stereocenters. The van der Waals surface area contributed by atoms with E-state index in [1.165, 1.54) is 12.8 Å². The summed E-state index contributed by atoms with van der Waals surface area (Å²) >= 11 is 0. The van der Waals surface area contributed by atoms with E-state index in [1.807, 2.05) is 0 Å². The molecule has 0 aromatic rings. The van der Waals surface area contributed by atoms with Gasteiger partial charge in [0.25, 0.3) is 0 Å². The second kappa shape index (κ2) is 4.33. The van der Waals surface area contributed by atoms with Gasteiger partial charge in [0.05, 0.1) is 0 Å². The van der Waals surface area contributed by atoms with Gasteiger partial charge in [-0.15, -0.1) is 0 Å². The molecule has 1 aliphatic carbocycles. The Morgan fingerprint density at radius 2 is 1.93 bits per heavy atom. The second-order valence-electron chi connectivity index (χ2n) is 5.54. The average molecular weight is 197 g/mol. The van der Waals surface area contributed by atoms with E-state index >= 15 is 0 Å². The number of nitrogens with one attached hydrogen (secondary N) is 1. The van der Waals surface area contributed by atoms with E-state index in [4.69, 9.17) is 0 Å². The van der Waals surface area contributed by atoms with Crippen LogP contribution < -0.4 is 5.32 Å². The van der Waals surface area contributed by atoms with Crippen LogP contribution in [0.3, 0.4) is 0 Å². The Kier molecular flexibility index (Phi) is 3.57. The van der Waals surface area contributed by atoms with E-state index in [9.17, 15) is 4.79 Å². The first-order valence-electron chi connectivity index (χ1n) is 5.66. The Morgan fingerprint density at radius 1 is 1.29 bits per heavy atom. The number of hydrogen-bond acceptors (Lipinski definition) is 1. The fraction of sp³-hybridized carbons (Fsp3) is 0.917. The molecule has 0 aromatic heterocycles. The maximum absolute atomic E-state index is 11.5. The zero-order chi connectivity index (χ0) is 10.8. The molecule has 1 saturated carbocycles. The molecule has 2 atom stereocenters. The Balaban J connectivity index is 2.56. The van der Waals surface area contributed by atoms with Crippen molar-refractivity contribution in [3.8, 4) is 0 Å². The van der Waals surface area contributed by atoms with E-state index in [0.29, 0.717) is 11.3 Å². The number of carbonyl (C=O) groups is 1. The molecule has 1 amide bonds. The minimum absolute atomic E-state index is 0.235. The number of carbonyl (C=O) groups excluding carboxylic acids is 1. The number of amides is 1. The molecule has 0 bridgehead atoms. The highest BCUT2D eigenvalue weighted by Gasteiger charge is 2.32. The number of rotatable bonds is 1. The SMILES string of the molecule is CNC(=O)[C@H]1CCC[C@@H](C(C)(C)C)C1. The van der Waals surface area contributed by atoms with E-state index in [0.717, 1.165) is 12.8 Å². The summed E-state index contributed by atoms with van der Waals surface area (Å²) in [6.45, 7) is 6.84. The van der Waals surface area contributed by atoms with Crippen LogP contribution in [-0.2, 0) is 4.79 Å². The topological polar surface area (TPSA) is 29.1 Å². The summed E-state index contributed by atoms with van der Waals surface area (Å²) in [6.07, 6.45) is 4.65. The van der Waals surface area contributed by atoms with Crippen molar-refractivity contribution < 1.29 is 4.79 Å². The molecule has 1 N–H and O–H groups in total. The van der Waals surface area contributed by atoms with Crippen LogP contribution in [0.15, 0.2) is 0 Å². The minimum atomic E-state index is 0.235. The zero-order valence-corrected chi connectivity index (χ0v) is 9.89. The van der Waals surface area contributed by atoms with Crippen molar-refractivity contribution >= 4 is 5.91 Å². The van der Waals surface area contributed by atoms with Crippen LogP contribution in [0.25, 0.3) is 0 Å². The lowest BCUT2D eigenvalue weighted by molar-refractivity contribution is -0.126. The van der Waals surface area contributed by atoms with Gasteiger partial charge in [0.2, 0.25) is 5.91 Å². The Morgan fingerprint density at radius 3 is 2.43 bits per heavy atom. The van der Waals surface area contributed by atoms with Crippen molar-refractivity contribution in [1.29, 1.82) is 0 Å². The third-order valence-corrected chi connectivity index (χ3v) is 3.52. The lowest BCUT2D eigenvalue weighted by Crippen LogP contribution is -2.34. The molecule has 0 aromatic carbocycles. The van der Waals surface area contributed by atoms with E-state index in [2.05, 4.69) is 26.1 Å². The van der Waals surface area contributed by atoms with Crippen molar-refractivity contribution in [2.24, 2.45) is 17.3 Å². The summed E-state index contributed by atoms with van der Waals surface area (Å²) in [5, 5.41) is 2.77. The van der Waals surface area contributed by atoms with Crippen LogP contribution in [0.4, 0.5) is 0 Å². The first kappa shape index (κ1) is 11.5. The van der Waals surface area contributed by atoms with Gasteiger partial charge < -0.3 is 5.32 Å². The molecule has 0 aliphatic heterocycles. The molecule has 0 saturated heterocycles. The van der Waals surface area contributed by atoms with Gasteiger partial charge in [0.1, 0.15) is 0 Å². The first-order chi connectivity index (χ1) is 6.45. The van der Waals surface area contributed by atoms with E-state index in [-0.39, 0.29) is 11.8 Å². The van der Waals surface area contributed by atoms with Crippen molar-refractivity contribution in [1.82, 2.24) is 5.32 Å². The molecule has 2 heteroatoms. The second-order valence-corrected chi connectivity index (χ2v) is 5.54. The van der Waals surface area contributed by atoms with Crippen molar-refractivity contribution in [3.05, 3.63) is 0 Å². The van der Waals surface area contributed by atoms with Gasteiger partial charge in [0.15, 0.2) is 0 Å². The van der Waals surface area contributed by atoms with Crippen LogP contribution in [-0.4, -0.2) is 13.0 Å². The van der Waals surface area contributed by atoms with Gasteiger partial charge in [0, 0.05) is 13.0 Å². The summed E-state index contributed by atoms with van der Waals surface area (Å²) in [7, 11) is 1.74. The highest BCUT2D eigenvalue weighted by Crippen LogP contribution is 2.40. The molecule has 1 fully saturated rings. The molecule has 2 nitrogen and oxygen atoms in total. The molecular weight excluding hydrogens is 174 g/mol. The fourth-order valence-corrected chi connectivity index (χ4v) is 2.42.